The van der Waals surface area contributed by atoms with Crippen LogP contribution in [0.15, 0.2) is 35.9 Å². The van der Waals surface area contributed by atoms with Crippen molar-refractivity contribution in [1.29, 1.82) is 0 Å². The van der Waals surface area contributed by atoms with Crippen LogP contribution in [0.2, 0.25) is 0 Å². The number of allylic oxidation sites excluding steroid dienone is 4. The molecule has 0 spiro atoms. The highest BCUT2D eigenvalue weighted by atomic mass is 35.5. The van der Waals surface area contributed by atoms with Crippen molar-refractivity contribution in [2.45, 2.75) is 5.38 Å². The molecule has 6 heteroatoms. The first-order chi connectivity index (χ1) is 9.45. The number of carbonyl (C=O) groups is 2. The fourth-order valence-corrected chi connectivity index (χ4v) is 2.08. The maximum atomic E-state index is 13.7. The van der Waals surface area contributed by atoms with Crippen molar-refractivity contribution in [1.82, 2.24) is 0 Å². The van der Waals surface area contributed by atoms with E-state index in [4.69, 9.17) is 22.1 Å². The van der Waals surface area contributed by atoms with Crippen molar-refractivity contribution in [2.75, 3.05) is 12.8 Å². The second-order valence-corrected chi connectivity index (χ2v) is 4.59. The summed E-state index contributed by atoms with van der Waals surface area (Å²) in [4.78, 5) is 23.8. The lowest BCUT2D eigenvalue weighted by Crippen LogP contribution is -2.23. The number of ether oxygens (including phenoxy) is 1. The number of benzene rings is 1. The largest absolute Gasteiger partial charge is 0.494 e. The smallest absolute Gasteiger partial charge is 0.193 e. The number of alkyl halides is 1. The van der Waals surface area contributed by atoms with Crippen molar-refractivity contribution < 1.29 is 18.7 Å². The summed E-state index contributed by atoms with van der Waals surface area (Å²) in [6.07, 6.45) is 4.11. The summed E-state index contributed by atoms with van der Waals surface area (Å²) in [5, 5.41) is -1.09. The standard InChI is InChI=1S/C14H11ClFNO3/c1-20-12-6-10(17)8(5-9(12)16)14(19)7-3-2-4-11(18)13(7)15/h2-6,13H,17H2,1H3. The number of carbonyl (C=O) groups excluding carboxylic acids is 2. The molecule has 0 saturated carbocycles. The van der Waals surface area contributed by atoms with Crippen LogP contribution in [-0.4, -0.2) is 24.1 Å². The van der Waals surface area contributed by atoms with E-state index in [1.807, 2.05) is 0 Å². The quantitative estimate of drug-likeness (QED) is 0.527. The van der Waals surface area contributed by atoms with E-state index >= 15 is 0 Å². The molecule has 0 fully saturated rings. The highest BCUT2D eigenvalue weighted by molar-refractivity contribution is 6.39. The molecule has 0 aromatic heterocycles. The molecule has 1 aromatic carbocycles. The van der Waals surface area contributed by atoms with Gasteiger partial charge in [-0.2, -0.15) is 0 Å². The third kappa shape index (κ3) is 2.44. The van der Waals surface area contributed by atoms with Gasteiger partial charge in [-0.15, -0.1) is 11.6 Å². The van der Waals surface area contributed by atoms with E-state index in [0.717, 1.165) is 6.07 Å². The molecule has 0 aliphatic heterocycles. The van der Waals surface area contributed by atoms with Crippen molar-refractivity contribution in [3.63, 3.8) is 0 Å². The molecule has 1 aliphatic rings. The van der Waals surface area contributed by atoms with Crippen LogP contribution in [0.25, 0.3) is 0 Å². The number of anilines is 1. The summed E-state index contributed by atoms with van der Waals surface area (Å²) in [6.45, 7) is 0. The molecular formula is C14H11ClFNO3. The van der Waals surface area contributed by atoms with Gasteiger partial charge in [-0.1, -0.05) is 12.2 Å². The first-order valence-electron chi connectivity index (χ1n) is 5.69. The molecule has 20 heavy (non-hydrogen) atoms. The van der Waals surface area contributed by atoms with Crippen LogP contribution in [0, 0.1) is 5.82 Å². The fourth-order valence-electron chi connectivity index (χ4n) is 1.84. The summed E-state index contributed by atoms with van der Waals surface area (Å²) >= 11 is 5.88. The van der Waals surface area contributed by atoms with Crippen LogP contribution < -0.4 is 10.5 Å². The molecule has 0 heterocycles. The molecule has 1 aromatic rings. The molecule has 2 rings (SSSR count). The number of ketones is 2. The minimum absolute atomic E-state index is 0.0525. The van der Waals surface area contributed by atoms with E-state index in [9.17, 15) is 14.0 Å². The van der Waals surface area contributed by atoms with Gasteiger partial charge in [0.1, 0.15) is 5.38 Å². The number of rotatable bonds is 3. The second kappa shape index (κ2) is 5.46. The molecule has 0 bridgehead atoms. The first kappa shape index (κ1) is 14.3. The topological polar surface area (TPSA) is 69.4 Å². The summed E-state index contributed by atoms with van der Waals surface area (Å²) in [7, 11) is 1.29. The van der Waals surface area contributed by atoms with Gasteiger partial charge in [-0.3, -0.25) is 9.59 Å². The van der Waals surface area contributed by atoms with Gasteiger partial charge in [0.05, 0.1) is 7.11 Å². The molecule has 0 amide bonds. The Morgan fingerprint density at radius 2 is 2.15 bits per heavy atom. The van der Waals surface area contributed by atoms with Gasteiger partial charge in [0.25, 0.3) is 0 Å². The van der Waals surface area contributed by atoms with Crippen molar-refractivity contribution in [2.24, 2.45) is 0 Å². The third-order valence-electron chi connectivity index (χ3n) is 2.89. The van der Waals surface area contributed by atoms with Gasteiger partial charge in [-0.05, 0) is 12.1 Å². The van der Waals surface area contributed by atoms with Gasteiger partial charge in [-0.25, -0.2) is 4.39 Å². The van der Waals surface area contributed by atoms with E-state index < -0.39 is 22.8 Å². The minimum atomic E-state index is -1.09. The average molecular weight is 296 g/mol. The molecule has 1 unspecified atom stereocenters. The number of hydrogen-bond acceptors (Lipinski definition) is 4. The average Bonchev–Trinajstić information content (AvgIpc) is 2.43. The van der Waals surface area contributed by atoms with Crippen molar-refractivity contribution >= 4 is 28.9 Å². The lowest BCUT2D eigenvalue weighted by molar-refractivity contribution is -0.113. The van der Waals surface area contributed by atoms with Crippen LogP contribution in [0.1, 0.15) is 10.4 Å². The molecular weight excluding hydrogens is 285 g/mol. The Kier molecular flexibility index (Phi) is 3.90. The molecule has 104 valence electrons. The van der Waals surface area contributed by atoms with E-state index in [0.29, 0.717) is 0 Å². The normalized spacial score (nSPS) is 17.9. The number of hydrogen-bond donors (Lipinski definition) is 1. The van der Waals surface area contributed by atoms with Gasteiger partial charge in [0, 0.05) is 22.9 Å². The zero-order valence-corrected chi connectivity index (χ0v) is 11.3. The molecule has 0 saturated heterocycles. The van der Waals surface area contributed by atoms with Crippen LogP contribution in [-0.2, 0) is 4.79 Å². The number of Topliss-reactive ketones (excluding diaryl/α,β-unsaturated/α-hetero) is 1. The van der Waals surface area contributed by atoms with E-state index in [2.05, 4.69) is 0 Å². The van der Waals surface area contributed by atoms with Crippen LogP contribution in [0.3, 0.4) is 0 Å². The summed E-state index contributed by atoms with van der Waals surface area (Å²) < 4.78 is 18.4. The lowest BCUT2D eigenvalue weighted by atomic mass is 9.94. The summed E-state index contributed by atoms with van der Waals surface area (Å²) in [5.41, 5.74) is 5.78. The van der Waals surface area contributed by atoms with Crippen molar-refractivity contribution in [3.8, 4) is 5.75 Å². The van der Waals surface area contributed by atoms with Gasteiger partial charge in [0.15, 0.2) is 23.1 Å². The molecule has 4 nitrogen and oxygen atoms in total. The Labute approximate surface area is 119 Å². The summed E-state index contributed by atoms with van der Waals surface area (Å²) in [6, 6.07) is 2.19. The van der Waals surface area contributed by atoms with Gasteiger partial charge in [0.2, 0.25) is 0 Å². The maximum Gasteiger partial charge on any atom is 0.193 e. The van der Waals surface area contributed by atoms with Crippen molar-refractivity contribution in [3.05, 3.63) is 47.3 Å². The Morgan fingerprint density at radius 1 is 1.45 bits per heavy atom. The van der Waals surface area contributed by atoms with E-state index in [-0.39, 0.29) is 22.6 Å². The molecule has 1 aliphatic carbocycles. The van der Waals surface area contributed by atoms with Crippen LogP contribution >= 0.6 is 11.6 Å². The Morgan fingerprint density at radius 3 is 2.80 bits per heavy atom. The Bertz CT molecular complexity index is 652. The fraction of sp³-hybridized carbons (Fsp3) is 0.143. The van der Waals surface area contributed by atoms with Crippen LogP contribution in [0.4, 0.5) is 10.1 Å². The van der Waals surface area contributed by atoms with Gasteiger partial charge >= 0.3 is 0 Å². The number of halogens is 2. The highest BCUT2D eigenvalue weighted by Gasteiger charge is 2.28. The molecule has 2 N–H and O–H groups in total. The van der Waals surface area contributed by atoms with Crippen LogP contribution in [0.5, 0.6) is 5.75 Å². The van der Waals surface area contributed by atoms with E-state index in [1.54, 1.807) is 0 Å². The first-order valence-corrected chi connectivity index (χ1v) is 6.13. The maximum absolute atomic E-state index is 13.7. The highest BCUT2D eigenvalue weighted by Crippen LogP contribution is 2.28. The second-order valence-electron chi connectivity index (χ2n) is 4.15. The number of nitrogen functional groups attached to an aromatic ring is 1. The zero-order valence-electron chi connectivity index (χ0n) is 10.5. The predicted molar refractivity (Wildman–Crippen MR) is 73.6 cm³/mol. The monoisotopic (exact) mass is 295 g/mol. The summed E-state index contributed by atoms with van der Waals surface area (Å²) in [5.74, 6) is -1.75. The Balaban J connectivity index is 2.44. The zero-order chi connectivity index (χ0) is 14.9. The number of nitrogens with two attached hydrogens (primary N) is 1. The van der Waals surface area contributed by atoms with E-state index in [1.165, 1.54) is 31.4 Å². The number of methoxy groups -OCH3 is 1. The molecule has 0 radical (unpaired) electrons. The minimum Gasteiger partial charge on any atom is -0.494 e. The molecule has 1 atom stereocenters. The lowest BCUT2D eigenvalue weighted by Gasteiger charge is -2.15. The predicted octanol–water partition coefficient (Wildman–Crippen LogP) is 2.27. The Hall–Kier alpha value is -2.14. The third-order valence-corrected chi connectivity index (χ3v) is 3.34. The SMILES string of the molecule is COc1cc(N)c(C(=O)C2=CC=CC(=O)C2Cl)cc1F. The van der Waals surface area contributed by atoms with Gasteiger partial charge < -0.3 is 10.5 Å².